The quantitative estimate of drug-likeness (QED) is 0.781. The normalized spacial score (nSPS) is 13.6. The van der Waals surface area contributed by atoms with E-state index in [0.29, 0.717) is 0 Å². The van der Waals surface area contributed by atoms with Gasteiger partial charge in [0.05, 0.1) is 12.8 Å². The number of nitrogens with zero attached hydrogens (tertiary/aromatic N) is 1. The molecule has 0 radical (unpaired) electrons. The number of sulfonamides is 1. The van der Waals surface area contributed by atoms with Gasteiger partial charge in [0.15, 0.2) is 5.03 Å². The summed E-state index contributed by atoms with van der Waals surface area (Å²) < 4.78 is 27.2. The smallest absolute Gasteiger partial charge is 0.258 e. The summed E-state index contributed by atoms with van der Waals surface area (Å²) in [5.41, 5.74) is 1.21. The first-order valence-corrected chi connectivity index (χ1v) is 8.37. The van der Waals surface area contributed by atoms with Crippen LogP contribution in [0.25, 0.3) is 0 Å². The summed E-state index contributed by atoms with van der Waals surface area (Å²) in [6.07, 6.45) is 1.30. The van der Waals surface area contributed by atoms with Gasteiger partial charge in [0.1, 0.15) is 0 Å². The van der Waals surface area contributed by atoms with Crippen LogP contribution in [0.5, 0.6) is 0 Å². The fourth-order valence-corrected chi connectivity index (χ4v) is 4.45. The van der Waals surface area contributed by atoms with Gasteiger partial charge in [-0.2, -0.15) is 5.10 Å². The number of hydrogen-bond acceptors (Lipinski definition) is 5. The van der Waals surface area contributed by atoms with Crippen molar-refractivity contribution in [3.8, 4) is 0 Å². The first kappa shape index (κ1) is 15.2. The molecule has 0 bridgehead atoms. The number of rotatable bonds is 5. The average Bonchev–Trinajstić information content (AvgIpc) is 2.94. The number of aliphatic hydroxyl groups excluding tert-OH is 1. The maximum absolute atomic E-state index is 12.3. The molecular formula is C12H17N3O3S2. The Morgan fingerprint density at radius 2 is 2.20 bits per heavy atom. The Bertz CT molecular complexity index is 703. The van der Waals surface area contributed by atoms with Crippen molar-refractivity contribution in [1.29, 1.82) is 0 Å². The number of H-pyrrole nitrogens is 1. The topological polar surface area (TPSA) is 95.1 Å². The highest BCUT2D eigenvalue weighted by Gasteiger charge is 2.24. The highest BCUT2D eigenvalue weighted by molar-refractivity contribution is 7.89. The molecule has 110 valence electrons. The largest absolute Gasteiger partial charge is 0.392 e. The molecule has 0 spiro atoms. The van der Waals surface area contributed by atoms with Crippen molar-refractivity contribution >= 4 is 21.4 Å². The fraction of sp³-hybridized carbons (Fsp3) is 0.417. The molecule has 0 amide bonds. The zero-order valence-corrected chi connectivity index (χ0v) is 13.1. The maximum Gasteiger partial charge on any atom is 0.258 e. The minimum atomic E-state index is -3.74. The van der Waals surface area contributed by atoms with Crippen LogP contribution in [0.2, 0.25) is 0 Å². The molecule has 20 heavy (non-hydrogen) atoms. The Morgan fingerprint density at radius 3 is 2.75 bits per heavy atom. The van der Waals surface area contributed by atoms with Crippen LogP contribution in [-0.4, -0.2) is 23.7 Å². The Kier molecular flexibility index (Phi) is 4.28. The molecule has 1 atom stereocenters. The molecular weight excluding hydrogens is 298 g/mol. The lowest BCUT2D eigenvalue weighted by atomic mass is 10.1. The van der Waals surface area contributed by atoms with Crippen LogP contribution in [0, 0.1) is 13.8 Å². The number of aromatic amines is 1. The molecule has 0 aliphatic heterocycles. The molecule has 0 saturated carbocycles. The first-order chi connectivity index (χ1) is 9.35. The number of nitrogens with one attached hydrogen (secondary N) is 2. The summed E-state index contributed by atoms with van der Waals surface area (Å²) in [7, 11) is -3.74. The highest BCUT2D eigenvalue weighted by atomic mass is 32.2. The van der Waals surface area contributed by atoms with E-state index in [1.807, 2.05) is 19.9 Å². The van der Waals surface area contributed by atoms with E-state index >= 15 is 0 Å². The van der Waals surface area contributed by atoms with E-state index in [1.165, 1.54) is 6.20 Å². The zero-order valence-electron chi connectivity index (χ0n) is 11.5. The number of aryl methyl sites for hydroxylation is 2. The second-order valence-corrected chi connectivity index (χ2v) is 7.71. The molecule has 8 heteroatoms. The van der Waals surface area contributed by atoms with Crippen molar-refractivity contribution < 1.29 is 13.5 Å². The van der Waals surface area contributed by atoms with Crippen LogP contribution >= 0.6 is 11.3 Å². The van der Waals surface area contributed by atoms with Gasteiger partial charge < -0.3 is 5.11 Å². The molecule has 2 aromatic heterocycles. The molecule has 0 saturated heterocycles. The van der Waals surface area contributed by atoms with E-state index in [-0.39, 0.29) is 23.2 Å². The van der Waals surface area contributed by atoms with E-state index in [2.05, 4.69) is 14.9 Å². The molecule has 0 aliphatic rings. The van der Waals surface area contributed by atoms with E-state index < -0.39 is 10.0 Å². The molecule has 0 aromatic carbocycles. The van der Waals surface area contributed by atoms with Gasteiger partial charge in [-0.1, -0.05) is 0 Å². The third kappa shape index (κ3) is 2.93. The van der Waals surface area contributed by atoms with E-state index in [0.717, 1.165) is 15.3 Å². The predicted octanol–water partition coefficient (Wildman–Crippen LogP) is 1.62. The molecule has 2 aromatic rings. The van der Waals surface area contributed by atoms with Crippen molar-refractivity contribution in [3.05, 3.63) is 33.1 Å². The minimum Gasteiger partial charge on any atom is -0.392 e. The summed E-state index contributed by atoms with van der Waals surface area (Å²) in [6.45, 7) is 5.37. The van der Waals surface area contributed by atoms with Gasteiger partial charge in [-0.05, 0) is 32.4 Å². The summed E-state index contributed by atoms with van der Waals surface area (Å²) in [5, 5.41) is 15.1. The Morgan fingerprint density at radius 1 is 1.50 bits per heavy atom. The Labute approximate surface area is 121 Å². The zero-order chi connectivity index (χ0) is 14.9. The van der Waals surface area contributed by atoms with Crippen LogP contribution in [0.1, 0.15) is 33.8 Å². The molecule has 0 fully saturated rings. The van der Waals surface area contributed by atoms with E-state index in [1.54, 1.807) is 18.3 Å². The molecule has 1 unspecified atom stereocenters. The number of aliphatic hydroxyl groups is 1. The number of hydrogen-bond donors (Lipinski definition) is 3. The predicted molar refractivity (Wildman–Crippen MR) is 77.0 cm³/mol. The summed E-state index contributed by atoms with van der Waals surface area (Å²) in [4.78, 5) is 2.23. The van der Waals surface area contributed by atoms with Crippen LogP contribution < -0.4 is 4.72 Å². The van der Waals surface area contributed by atoms with Gasteiger partial charge in [-0.25, -0.2) is 13.1 Å². The lowest BCUT2D eigenvalue weighted by Gasteiger charge is -2.14. The van der Waals surface area contributed by atoms with Gasteiger partial charge in [0.2, 0.25) is 0 Å². The van der Waals surface area contributed by atoms with Crippen LogP contribution in [-0.2, 0) is 16.6 Å². The minimum absolute atomic E-state index is 0.0866. The van der Waals surface area contributed by atoms with Crippen molar-refractivity contribution in [3.63, 3.8) is 0 Å². The fourth-order valence-electron chi connectivity index (χ4n) is 2.08. The highest BCUT2D eigenvalue weighted by Crippen LogP contribution is 2.27. The van der Waals surface area contributed by atoms with Gasteiger partial charge in [-0.3, -0.25) is 5.10 Å². The maximum atomic E-state index is 12.3. The monoisotopic (exact) mass is 315 g/mol. The summed E-state index contributed by atoms with van der Waals surface area (Å²) >= 11 is 1.63. The van der Waals surface area contributed by atoms with Crippen molar-refractivity contribution in [2.24, 2.45) is 0 Å². The SMILES string of the molecule is Cc1cc(C(C)NS(=O)(=O)c2[nH]ncc2CO)c(C)s1. The van der Waals surface area contributed by atoms with Crippen molar-refractivity contribution in [1.82, 2.24) is 14.9 Å². The molecule has 0 aliphatic carbocycles. The lowest BCUT2D eigenvalue weighted by molar-refractivity contribution is 0.278. The standard InChI is InChI=1S/C12H17N3O3S2/c1-7-4-11(9(3)19-7)8(2)15-20(17,18)12-10(6-16)5-13-14-12/h4-5,8,15-16H,6H2,1-3H3,(H,13,14). The third-order valence-corrected chi connectivity index (χ3v) is 5.53. The van der Waals surface area contributed by atoms with E-state index in [9.17, 15) is 8.42 Å². The van der Waals surface area contributed by atoms with Gasteiger partial charge in [0.25, 0.3) is 10.0 Å². The second-order valence-electron chi connectivity index (χ2n) is 4.59. The number of thiophene rings is 1. The van der Waals surface area contributed by atoms with Gasteiger partial charge in [0, 0.05) is 21.4 Å². The Hall–Kier alpha value is -1.22. The summed E-state index contributed by atoms with van der Waals surface area (Å²) in [6, 6.07) is 1.63. The van der Waals surface area contributed by atoms with Gasteiger partial charge in [-0.15, -0.1) is 11.3 Å². The van der Waals surface area contributed by atoms with Crippen molar-refractivity contribution in [2.75, 3.05) is 0 Å². The van der Waals surface area contributed by atoms with Crippen LogP contribution in [0.15, 0.2) is 17.3 Å². The van der Waals surface area contributed by atoms with Crippen molar-refractivity contribution in [2.45, 2.75) is 38.4 Å². The lowest BCUT2D eigenvalue weighted by Crippen LogP contribution is -2.28. The average molecular weight is 315 g/mol. The Balaban J connectivity index is 2.27. The third-order valence-electron chi connectivity index (χ3n) is 3.00. The molecule has 6 nitrogen and oxygen atoms in total. The van der Waals surface area contributed by atoms with Crippen LogP contribution in [0.3, 0.4) is 0 Å². The van der Waals surface area contributed by atoms with Gasteiger partial charge >= 0.3 is 0 Å². The summed E-state index contributed by atoms with van der Waals surface area (Å²) in [5.74, 6) is 0. The van der Waals surface area contributed by atoms with Crippen LogP contribution in [0.4, 0.5) is 0 Å². The van der Waals surface area contributed by atoms with E-state index in [4.69, 9.17) is 5.11 Å². The second kappa shape index (κ2) is 5.65. The molecule has 2 heterocycles. The number of aromatic nitrogens is 2. The molecule has 2 rings (SSSR count). The first-order valence-electron chi connectivity index (χ1n) is 6.07. The molecule has 3 N–H and O–H groups in total.